The second-order valence-electron chi connectivity index (χ2n) is 1.46. The highest BCUT2D eigenvalue weighted by Gasteiger charge is 2.29. The van der Waals surface area contributed by atoms with E-state index in [-0.39, 0.29) is 5.97 Å². The minimum Gasteiger partial charge on any atom is -0.433 e. The summed E-state index contributed by atoms with van der Waals surface area (Å²) in [6.45, 7) is 1.67. The van der Waals surface area contributed by atoms with Crippen LogP contribution in [-0.4, -0.2) is 17.3 Å². The van der Waals surface area contributed by atoms with Crippen molar-refractivity contribution in [3.63, 3.8) is 0 Å². The lowest BCUT2D eigenvalue weighted by Crippen LogP contribution is -2.05. The van der Waals surface area contributed by atoms with Crippen LogP contribution in [0.15, 0.2) is 0 Å². The first kappa shape index (κ1) is 6.04. The van der Waals surface area contributed by atoms with Crippen molar-refractivity contribution in [1.29, 1.82) is 0 Å². The average molecular weight is 181 g/mol. The topological polar surface area (TPSA) is 35.5 Å². The van der Waals surface area contributed by atoms with Crippen LogP contribution in [0.4, 0.5) is 0 Å². The number of esters is 1. The number of cyclic esters (lactones) is 1. The molecule has 8 heavy (non-hydrogen) atoms. The number of halogens is 1. The van der Waals surface area contributed by atoms with Gasteiger partial charge in [0.1, 0.15) is 0 Å². The minimum absolute atomic E-state index is 0.350. The standard InChI is InChI=1S/C4H5BrO3/c1-2-7-3(5)4(6)8-2/h2-3H,1H3/t2-,3-/m1/s1. The Kier molecular flexibility index (Phi) is 1.53. The van der Waals surface area contributed by atoms with Crippen LogP contribution in [0, 0.1) is 0 Å². The Hall–Kier alpha value is -0.0900. The molecule has 0 aromatic rings. The third-order valence-electron chi connectivity index (χ3n) is 0.779. The maximum absolute atomic E-state index is 10.4. The highest BCUT2D eigenvalue weighted by atomic mass is 79.9. The molecule has 0 unspecified atom stereocenters. The first-order valence-corrected chi connectivity index (χ1v) is 3.12. The fourth-order valence-electron chi connectivity index (χ4n) is 0.469. The van der Waals surface area contributed by atoms with Crippen molar-refractivity contribution in [2.24, 2.45) is 0 Å². The van der Waals surface area contributed by atoms with Crippen molar-refractivity contribution in [1.82, 2.24) is 0 Å². The SMILES string of the molecule is C[C@H]1OC(=O)[C@H](Br)O1. The van der Waals surface area contributed by atoms with Crippen molar-refractivity contribution in [3.05, 3.63) is 0 Å². The molecule has 0 aromatic carbocycles. The van der Waals surface area contributed by atoms with E-state index in [9.17, 15) is 4.79 Å². The minimum atomic E-state index is -0.558. The van der Waals surface area contributed by atoms with Gasteiger partial charge in [0.15, 0.2) is 0 Å². The molecule has 1 rings (SSSR count). The molecule has 1 aliphatic heterocycles. The van der Waals surface area contributed by atoms with Crippen LogP contribution < -0.4 is 0 Å². The molecule has 2 atom stereocenters. The molecule has 0 aromatic heterocycles. The summed E-state index contributed by atoms with van der Waals surface area (Å²) in [7, 11) is 0. The second kappa shape index (κ2) is 2.03. The third-order valence-corrected chi connectivity index (χ3v) is 1.37. The first-order chi connectivity index (χ1) is 3.70. The fraction of sp³-hybridized carbons (Fsp3) is 0.750. The summed E-state index contributed by atoms with van der Waals surface area (Å²) in [4.78, 5) is 10.4. The van der Waals surface area contributed by atoms with Crippen LogP contribution in [0.1, 0.15) is 6.92 Å². The highest BCUT2D eigenvalue weighted by Crippen LogP contribution is 2.16. The second-order valence-corrected chi connectivity index (χ2v) is 2.29. The number of hydrogen-bond donors (Lipinski definition) is 0. The third kappa shape index (κ3) is 1.00. The zero-order chi connectivity index (χ0) is 6.15. The van der Waals surface area contributed by atoms with Crippen LogP contribution in [0.25, 0.3) is 0 Å². The lowest BCUT2D eigenvalue weighted by molar-refractivity contribution is -0.141. The van der Waals surface area contributed by atoms with Crippen molar-refractivity contribution in [2.45, 2.75) is 18.2 Å². The summed E-state index contributed by atoms with van der Waals surface area (Å²) in [5.74, 6) is -0.350. The molecule has 4 heteroatoms. The van der Waals surface area contributed by atoms with E-state index in [1.807, 2.05) is 0 Å². The Morgan fingerprint density at radius 3 is 2.50 bits per heavy atom. The smallest absolute Gasteiger partial charge is 0.348 e. The number of carbonyl (C=O) groups excluding carboxylic acids is 1. The molecular formula is C4H5BrO3. The molecule has 0 saturated carbocycles. The zero-order valence-corrected chi connectivity index (χ0v) is 5.84. The van der Waals surface area contributed by atoms with Gasteiger partial charge in [0, 0.05) is 0 Å². The molecular weight excluding hydrogens is 176 g/mol. The summed E-state index contributed by atoms with van der Waals surface area (Å²) in [6.07, 6.45) is -0.396. The number of alkyl halides is 1. The molecule has 0 spiro atoms. The van der Waals surface area contributed by atoms with E-state index in [1.54, 1.807) is 6.92 Å². The number of ether oxygens (including phenoxy) is 2. The fourth-order valence-corrected chi connectivity index (χ4v) is 0.881. The molecule has 1 heterocycles. The zero-order valence-electron chi connectivity index (χ0n) is 4.26. The Bertz CT molecular complexity index is 114. The first-order valence-electron chi connectivity index (χ1n) is 2.20. The van der Waals surface area contributed by atoms with Gasteiger partial charge in [-0.15, -0.1) is 0 Å². The molecule has 0 N–H and O–H groups in total. The van der Waals surface area contributed by atoms with Crippen LogP contribution >= 0.6 is 15.9 Å². The van der Waals surface area contributed by atoms with Crippen molar-refractivity contribution in [2.75, 3.05) is 0 Å². The van der Waals surface area contributed by atoms with E-state index < -0.39 is 11.3 Å². The normalized spacial score (nSPS) is 37.5. The Balaban J connectivity index is 2.51. The quantitative estimate of drug-likeness (QED) is 0.406. The van der Waals surface area contributed by atoms with Gasteiger partial charge >= 0.3 is 5.97 Å². The maximum atomic E-state index is 10.4. The molecule has 1 saturated heterocycles. The summed E-state index contributed by atoms with van der Waals surface area (Å²) >= 11 is 2.95. The number of hydrogen-bond acceptors (Lipinski definition) is 3. The van der Waals surface area contributed by atoms with Gasteiger partial charge in [-0.1, -0.05) is 0 Å². The van der Waals surface area contributed by atoms with Crippen molar-refractivity contribution < 1.29 is 14.3 Å². The summed E-state index contributed by atoms with van der Waals surface area (Å²) in [5.41, 5.74) is 0. The van der Waals surface area contributed by atoms with Gasteiger partial charge in [-0.25, -0.2) is 4.79 Å². The number of rotatable bonds is 0. The highest BCUT2D eigenvalue weighted by molar-refractivity contribution is 9.09. The lowest BCUT2D eigenvalue weighted by atomic mass is 10.8. The Labute approximate surface area is 55.1 Å². The van der Waals surface area contributed by atoms with Gasteiger partial charge in [-0.3, -0.25) is 0 Å². The Morgan fingerprint density at radius 1 is 1.75 bits per heavy atom. The van der Waals surface area contributed by atoms with Gasteiger partial charge < -0.3 is 9.47 Å². The van der Waals surface area contributed by atoms with Crippen LogP contribution in [-0.2, 0) is 14.3 Å². The summed E-state index contributed by atoms with van der Waals surface area (Å²) < 4.78 is 9.38. The van der Waals surface area contributed by atoms with Gasteiger partial charge in [0.05, 0.1) is 0 Å². The number of carbonyl (C=O) groups is 1. The van der Waals surface area contributed by atoms with E-state index >= 15 is 0 Å². The van der Waals surface area contributed by atoms with E-state index in [4.69, 9.17) is 4.74 Å². The predicted octanol–water partition coefficient (Wildman–Crippen LogP) is 0.627. The van der Waals surface area contributed by atoms with E-state index in [0.717, 1.165) is 0 Å². The Morgan fingerprint density at radius 2 is 2.38 bits per heavy atom. The lowest BCUT2D eigenvalue weighted by Gasteiger charge is -1.95. The largest absolute Gasteiger partial charge is 0.433 e. The predicted molar refractivity (Wildman–Crippen MR) is 29.4 cm³/mol. The maximum Gasteiger partial charge on any atom is 0.348 e. The molecule has 0 aliphatic carbocycles. The van der Waals surface area contributed by atoms with Crippen molar-refractivity contribution in [3.8, 4) is 0 Å². The van der Waals surface area contributed by atoms with E-state index in [0.29, 0.717) is 0 Å². The molecule has 0 amide bonds. The van der Waals surface area contributed by atoms with Crippen LogP contribution in [0.5, 0.6) is 0 Å². The summed E-state index contributed by atoms with van der Waals surface area (Å²) in [5, 5.41) is -0.558. The van der Waals surface area contributed by atoms with E-state index in [2.05, 4.69) is 20.7 Å². The van der Waals surface area contributed by atoms with Crippen LogP contribution in [0.2, 0.25) is 0 Å². The molecule has 46 valence electrons. The van der Waals surface area contributed by atoms with Gasteiger partial charge in [-0.2, -0.15) is 0 Å². The molecule has 1 aliphatic rings. The van der Waals surface area contributed by atoms with Gasteiger partial charge in [-0.05, 0) is 22.9 Å². The molecule has 0 bridgehead atoms. The molecule has 1 fully saturated rings. The molecule has 0 radical (unpaired) electrons. The average Bonchev–Trinajstić information content (AvgIpc) is 1.85. The molecule has 3 nitrogen and oxygen atoms in total. The van der Waals surface area contributed by atoms with Crippen molar-refractivity contribution >= 4 is 21.9 Å². The monoisotopic (exact) mass is 180 g/mol. The van der Waals surface area contributed by atoms with Gasteiger partial charge in [0.25, 0.3) is 0 Å². The van der Waals surface area contributed by atoms with Crippen LogP contribution in [0.3, 0.4) is 0 Å². The van der Waals surface area contributed by atoms with Gasteiger partial charge in [0.2, 0.25) is 11.3 Å². The van der Waals surface area contributed by atoms with E-state index in [1.165, 1.54) is 0 Å². The summed E-state index contributed by atoms with van der Waals surface area (Å²) in [6, 6.07) is 0.